The van der Waals surface area contributed by atoms with Gasteiger partial charge in [0.1, 0.15) is 5.52 Å². The van der Waals surface area contributed by atoms with Crippen molar-refractivity contribution in [3.05, 3.63) is 78.4 Å². The summed E-state index contributed by atoms with van der Waals surface area (Å²) in [7, 11) is 1.80. The van der Waals surface area contributed by atoms with Crippen LogP contribution in [0.4, 0.5) is 13.2 Å². The molecule has 8 nitrogen and oxygen atoms in total. The zero-order valence-electron chi connectivity index (χ0n) is 18.3. The maximum absolute atomic E-state index is 13.1. The molecular formula is C24H17F3N6O2. The maximum Gasteiger partial charge on any atom is 0.416 e. The number of nitrogens with zero attached hydrogens (tertiary/aromatic N) is 6. The quantitative estimate of drug-likeness (QED) is 0.357. The van der Waals surface area contributed by atoms with Crippen molar-refractivity contribution in [1.29, 1.82) is 0 Å². The molecule has 1 aliphatic rings. The number of halogens is 3. The van der Waals surface area contributed by atoms with E-state index in [9.17, 15) is 13.2 Å². The highest BCUT2D eigenvalue weighted by Gasteiger charge is 2.30. The van der Waals surface area contributed by atoms with Crippen molar-refractivity contribution in [3.63, 3.8) is 0 Å². The Morgan fingerprint density at radius 3 is 2.63 bits per heavy atom. The van der Waals surface area contributed by atoms with E-state index in [1.165, 1.54) is 24.5 Å². The summed E-state index contributed by atoms with van der Waals surface area (Å²) < 4.78 is 48.4. The fourth-order valence-corrected chi connectivity index (χ4v) is 4.23. The molecule has 11 heteroatoms. The molecule has 3 aromatic heterocycles. The highest BCUT2D eigenvalue weighted by atomic mass is 19.4. The van der Waals surface area contributed by atoms with Gasteiger partial charge in [-0.05, 0) is 42.0 Å². The van der Waals surface area contributed by atoms with Crippen LogP contribution in [0.25, 0.3) is 27.6 Å². The number of ether oxygens (including phenoxy) is 1. The molecule has 2 aromatic carbocycles. The Kier molecular flexibility index (Phi) is 4.73. The van der Waals surface area contributed by atoms with E-state index in [0.29, 0.717) is 23.9 Å². The fraction of sp³-hybridized carbons (Fsp3) is 0.167. The molecule has 6 rings (SSSR count). The van der Waals surface area contributed by atoms with Crippen molar-refractivity contribution in [2.75, 3.05) is 0 Å². The largest absolute Gasteiger partial charge is 0.420 e. The summed E-state index contributed by atoms with van der Waals surface area (Å²) in [5.74, 6) is 0.718. The first-order valence-electron chi connectivity index (χ1n) is 10.7. The number of aromatic nitrogens is 5. The van der Waals surface area contributed by atoms with Crippen molar-refractivity contribution in [3.8, 4) is 11.6 Å². The van der Waals surface area contributed by atoms with Crippen LogP contribution < -0.4 is 4.74 Å². The molecular weight excluding hydrogens is 461 g/mol. The average Bonchev–Trinajstić information content (AvgIpc) is 3.53. The maximum atomic E-state index is 13.1. The van der Waals surface area contributed by atoms with Crippen molar-refractivity contribution in [2.45, 2.75) is 18.7 Å². The number of aryl methyl sites for hydroxylation is 1. The van der Waals surface area contributed by atoms with Crippen LogP contribution in [0.15, 0.2) is 72.4 Å². The zero-order chi connectivity index (χ0) is 24.2. The molecule has 0 bridgehead atoms. The summed E-state index contributed by atoms with van der Waals surface area (Å²) in [5.41, 5.74) is 3.13. The lowest BCUT2D eigenvalue weighted by molar-refractivity contribution is -0.137. The van der Waals surface area contributed by atoms with Crippen LogP contribution in [-0.4, -0.2) is 30.2 Å². The highest BCUT2D eigenvalue weighted by Crippen LogP contribution is 2.36. The Hall–Kier alpha value is -4.41. The summed E-state index contributed by atoms with van der Waals surface area (Å²) >= 11 is 0. The summed E-state index contributed by atoms with van der Waals surface area (Å²) in [5, 5.41) is 9.47. The molecule has 1 aliphatic heterocycles. The third-order valence-electron chi connectivity index (χ3n) is 5.80. The second-order valence-corrected chi connectivity index (χ2v) is 8.12. The number of hydrogen-bond donors (Lipinski definition) is 0. The van der Waals surface area contributed by atoms with Crippen LogP contribution >= 0.6 is 0 Å². The molecule has 0 N–H and O–H groups in total. The molecule has 0 radical (unpaired) electrons. The molecule has 0 aliphatic carbocycles. The van der Waals surface area contributed by atoms with Gasteiger partial charge in [-0.2, -0.15) is 18.3 Å². The van der Waals surface area contributed by atoms with Gasteiger partial charge >= 0.3 is 6.18 Å². The van der Waals surface area contributed by atoms with Gasteiger partial charge in [-0.25, -0.2) is 4.98 Å². The summed E-state index contributed by atoms with van der Waals surface area (Å²) in [4.78, 5) is 13.6. The molecule has 0 spiro atoms. The number of hydrogen-bond acceptors (Lipinski definition) is 6. The Bertz CT molecular complexity index is 1570. The van der Waals surface area contributed by atoms with Crippen molar-refractivity contribution >= 4 is 27.8 Å². The van der Waals surface area contributed by atoms with E-state index in [0.717, 1.165) is 39.6 Å². The van der Waals surface area contributed by atoms with E-state index in [1.807, 2.05) is 29.0 Å². The van der Waals surface area contributed by atoms with Gasteiger partial charge in [-0.15, -0.1) is 0 Å². The molecule has 176 valence electrons. The second-order valence-electron chi connectivity index (χ2n) is 8.12. The third kappa shape index (κ3) is 3.74. The van der Waals surface area contributed by atoms with Crippen LogP contribution in [0, 0.1) is 0 Å². The lowest BCUT2D eigenvalue weighted by atomic mass is 10.0. The minimum absolute atomic E-state index is 0.328. The van der Waals surface area contributed by atoms with E-state index >= 15 is 0 Å². The normalized spacial score (nSPS) is 16.0. The average molecular weight is 478 g/mol. The highest BCUT2D eigenvalue weighted by molar-refractivity contribution is 6.07. The standard InChI is InChI=1S/C24H17F3N6O2/c1-32-13-19-23(30-32)17-10-14(20-11-21(31-35-20)34-22-12-28-8-9-29-22)2-7-18(17)33(19)16-5-3-15(4-6-16)24(25,26)27/h2-10,12-13,20H,11H2,1H3. The van der Waals surface area contributed by atoms with Crippen LogP contribution in [0.1, 0.15) is 23.7 Å². The van der Waals surface area contributed by atoms with Crippen LogP contribution in [0.5, 0.6) is 5.88 Å². The summed E-state index contributed by atoms with van der Waals surface area (Å²) in [6, 6.07) is 10.9. The predicted octanol–water partition coefficient (Wildman–Crippen LogP) is 5.18. The number of rotatable bonds is 3. The lowest BCUT2D eigenvalue weighted by Crippen LogP contribution is -2.08. The molecule has 4 heterocycles. The van der Waals surface area contributed by atoms with Crippen LogP contribution in [-0.2, 0) is 18.1 Å². The van der Waals surface area contributed by atoms with E-state index in [2.05, 4.69) is 20.2 Å². The molecule has 0 saturated heterocycles. The van der Waals surface area contributed by atoms with Gasteiger partial charge in [0.2, 0.25) is 11.8 Å². The first kappa shape index (κ1) is 21.1. The predicted molar refractivity (Wildman–Crippen MR) is 121 cm³/mol. The first-order valence-corrected chi connectivity index (χ1v) is 10.7. The molecule has 1 atom stereocenters. The molecule has 1 unspecified atom stereocenters. The van der Waals surface area contributed by atoms with Gasteiger partial charge in [0, 0.05) is 36.7 Å². The zero-order valence-corrected chi connectivity index (χ0v) is 18.3. The number of oxime groups is 1. The van der Waals surface area contributed by atoms with Crippen molar-refractivity contribution in [1.82, 2.24) is 24.3 Å². The van der Waals surface area contributed by atoms with Gasteiger partial charge in [0.25, 0.3) is 0 Å². The number of benzene rings is 2. The Morgan fingerprint density at radius 2 is 1.89 bits per heavy atom. The monoisotopic (exact) mass is 478 g/mol. The Balaban J connectivity index is 1.36. The SMILES string of the molecule is Cn1cc2c(n1)c1cc(C3CC(Oc4cnccn4)=NO3)ccc1n2-c1ccc(C(F)(F)F)cc1. The summed E-state index contributed by atoms with van der Waals surface area (Å²) in [6.45, 7) is 0. The number of fused-ring (bicyclic) bond motifs is 3. The van der Waals surface area contributed by atoms with E-state index in [-0.39, 0.29) is 6.10 Å². The first-order chi connectivity index (χ1) is 16.9. The minimum atomic E-state index is -4.39. The van der Waals surface area contributed by atoms with Gasteiger partial charge in [-0.1, -0.05) is 11.2 Å². The van der Waals surface area contributed by atoms with Gasteiger partial charge in [0.05, 0.1) is 29.2 Å². The van der Waals surface area contributed by atoms with Gasteiger partial charge in [0.15, 0.2) is 6.10 Å². The molecule has 5 aromatic rings. The van der Waals surface area contributed by atoms with Crippen LogP contribution in [0.2, 0.25) is 0 Å². The Labute approximate surface area is 196 Å². The topological polar surface area (TPSA) is 79.3 Å². The van der Waals surface area contributed by atoms with Crippen molar-refractivity contribution < 1.29 is 22.7 Å². The van der Waals surface area contributed by atoms with Gasteiger partial charge in [-0.3, -0.25) is 9.67 Å². The molecule has 35 heavy (non-hydrogen) atoms. The lowest BCUT2D eigenvalue weighted by Gasteiger charge is -2.11. The Morgan fingerprint density at radius 1 is 1.06 bits per heavy atom. The van der Waals surface area contributed by atoms with Crippen molar-refractivity contribution in [2.24, 2.45) is 12.2 Å². The van der Waals surface area contributed by atoms with E-state index < -0.39 is 11.7 Å². The number of alkyl halides is 3. The smallest absolute Gasteiger partial charge is 0.416 e. The fourth-order valence-electron chi connectivity index (χ4n) is 4.23. The summed E-state index contributed by atoms with van der Waals surface area (Å²) in [6.07, 6.45) is 2.06. The molecule has 0 amide bonds. The third-order valence-corrected chi connectivity index (χ3v) is 5.80. The minimum Gasteiger partial charge on any atom is -0.420 e. The van der Waals surface area contributed by atoms with E-state index in [4.69, 9.17) is 9.57 Å². The van der Waals surface area contributed by atoms with Crippen LogP contribution in [0.3, 0.4) is 0 Å². The van der Waals surface area contributed by atoms with E-state index in [1.54, 1.807) is 17.9 Å². The van der Waals surface area contributed by atoms with Gasteiger partial charge < -0.3 is 14.1 Å². The molecule has 0 fully saturated rings. The molecule has 0 saturated carbocycles. The second kappa shape index (κ2) is 7.83.